The van der Waals surface area contributed by atoms with Gasteiger partial charge in [0.05, 0.1) is 18.2 Å². The fraction of sp³-hybridized carbons (Fsp3) is 0.440. The Balaban J connectivity index is 1.46. The number of likely N-dealkylation sites (tertiary alicyclic amines) is 1. The molecule has 30 heavy (non-hydrogen) atoms. The van der Waals surface area contributed by atoms with E-state index >= 15 is 0 Å². The third-order valence-corrected chi connectivity index (χ3v) is 6.19. The highest BCUT2D eigenvalue weighted by Crippen LogP contribution is 2.40. The summed E-state index contributed by atoms with van der Waals surface area (Å²) in [5.74, 6) is 1.65. The van der Waals surface area contributed by atoms with E-state index in [1.165, 1.54) is 0 Å². The van der Waals surface area contributed by atoms with Crippen molar-refractivity contribution in [3.63, 3.8) is 0 Å². The Morgan fingerprint density at radius 2 is 1.90 bits per heavy atom. The van der Waals surface area contributed by atoms with Crippen LogP contribution in [0.25, 0.3) is 0 Å². The largest absolute Gasteiger partial charge is 0.494 e. The summed E-state index contributed by atoms with van der Waals surface area (Å²) in [7, 11) is 0. The third kappa shape index (κ3) is 3.81. The van der Waals surface area contributed by atoms with E-state index in [1.54, 1.807) is 0 Å². The molecular weight excluding hydrogens is 378 g/mol. The van der Waals surface area contributed by atoms with Crippen LogP contribution in [-0.2, 0) is 4.79 Å². The highest BCUT2D eigenvalue weighted by molar-refractivity contribution is 6.04. The van der Waals surface area contributed by atoms with E-state index in [-0.39, 0.29) is 30.3 Å². The maximum Gasteiger partial charge on any atom is 0.261 e. The zero-order valence-electron chi connectivity index (χ0n) is 17.9. The first kappa shape index (κ1) is 20.5. The fourth-order valence-corrected chi connectivity index (χ4v) is 4.82. The predicted molar refractivity (Wildman–Crippen MR) is 115 cm³/mol. The molecule has 1 amide bonds. The van der Waals surface area contributed by atoms with E-state index < -0.39 is 0 Å². The van der Waals surface area contributed by atoms with Gasteiger partial charge < -0.3 is 14.4 Å². The standard InChI is InChI=1S/C25H29NO4/c1-4-29-19-10-8-18(9-11-19)20-6-5-13-26(20)23(28)15-30-22-12-7-16(2)24-17(3)14-21(27)25(22)24/h7-12,17,20H,4-6,13-15H2,1-3H3/t17-,20-/m0/s1. The minimum Gasteiger partial charge on any atom is -0.494 e. The van der Waals surface area contributed by atoms with Crippen molar-refractivity contribution in [3.05, 3.63) is 58.7 Å². The first-order valence-corrected chi connectivity index (χ1v) is 10.8. The van der Waals surface area contributed by atoms with E-state index in [2.05, 4.69) is 6.92 Å². The molecule has 2 aliphatic rings. The maximum absolute atomic E-state index is 13.0. The molecule has 5 heteroatoms. The van der Waals surface area contributed by atoms with Crippen molar-refractivity contribution in [1.29, 1.82) is 0 Å². The second-order valence-electron chi connectivity index (χ2n) is 8.23. The van der Waals surface area contributed by atoms with Crippen LogP contribution >= 0.6 is 0 Å². The molecule has 0 saturated carbocycles. The summed E-state index contributed by atoms with van der Waals surface area (Å²) in [5.41, 5.74) is 3.96. The molecule has 1 fully saturated rings. The summed E-state index contributed by atoms with van der Waals surface area (Å²) in [6.45, 7) is 7.36. The molecule has 2 aromatic rings. The predicted octanol–water partition coefficient (Wildman–Crippen LogP) is 4.83. The highest BCUT2D eigenvalue weighted by atomic mass is 16.5. The number of nitrogens with zero attached hydrogens (tertiary/aromatic N) is 1. The van der Waals surface area contributed by atoms with E-state index in [1.807, 2.05) is 55.1 Å². The molecule has 1 aliphatic carbocycles. The molecule has 1 aliphatic heterocycles. The van der Waals surface area contributed by atoms with Crippen LogP contribution in [0, 0.1) is 6.92 Å². The molecule has 1 saturated heterocycles. The zero-order chi connectivity index (χ0) is 21.3. The lowest BCUT2D eigenvalue weighted by molar-refractivity contribution is -0.134. The van der Waals surface area contributed by atoms with Gasteiger partial charge in [0.1, 0.15) is 11.5 Å². The number of hydrogen-bond acceptors (Lipinski definition) is 4. The number of carbonyl (C=O) groups excluding carboxylic acids is 2. The van der Waals surface area contributed by atoms with Crippen molar-refractivity contribution < 1.29 is 19.1 Å². The monoisotopic (exact) mass is 407 g/mol. The van der Waals surface area contributed by atoms with Crippen molar-refractivity contribution in [1.82, 2.24) is 4.90 Å². The smallest absolute Gasteiger partial charge is 0.261 e. The Hall–Kier alpha value is -2.82. The van der Waals surface area contributed by atoms with Gasteiger partial charge in [-0.05, 0) is 67.5 Å². The summed E-state index contributed by atoms with van der Waals surface area (Å²) < 4.78 is 11.4. The topological polar surface area (TPSA) is 55.8 Å². The fourth-order valence-electron chi connectivity index (χ4n) is 4.82. The summed E-state index contributed by atoms with van der Waals surface area (Å²) in [4.78, 5) is 27.3. The van der Waals surface area contributed by atoms with Crippen LogP contribution in [0.15, 0.2) is 36.4 Å². The molecule has 0 N–H and O–H groups in total. The minimum absolute atomic E-state index is 0.0424. The van der Waals surface area contributed by atoms with Crippen LogP contribution in [0.4, 0.5) is 0 Å². The molecular formula is C25H29NO4. The Morgan fingerprint density at radius 3 is 2.63 bits per heavy atom. The van der Waals surface area contributed by atoms with Gasteiger partial charge in [0.2, 0.25) is 0 Å². The van der Waals surface area contributed by atoms with E-state index in [0.717, 1.165) is 41.8 Å². The van der Waals surface area contributed by atoms with Crippen LogP contribution in [0.3, 0.4) is 0 Å². The summed E-state index contributed by atoms with van der Waals surface area (Å²) in [6.07, 6.45) is 2.42. The second-order valence-corrected chi connectivity index (χ2v) is 8.23. The van der Waals surface area contributed by atoms with Crippen molar-refractivity contribution in [2.75, 3.05) is 19.8 Å². The second kappa shape index (κ2) is 8.50. The van der Waals surface area contributed by atoms with Crippen molar-refractivity contribution in [3.8, 4) is 11.5 Å². The number of hydrogen-bond donors (Lipinski definition) is 0. The lowest BCUT2D eigenvalue weighted by Crippen LogP contribution is -2.34. The first-order valence-electron chi connectivity index (χ1n) is 10.8. The van der Waals surface area contributed by atoms with Gasteiger partial charge in [0, 0.05) is 13.0 Å². The Bertz CT molecular complexity index is 950. The van der Waals surface area contributed by atoms with Crippen molar-refractivity contribution >= 4 is 11.7 Å². The van der Waals surface area contributed by atoms with Gasteiger partial charge >= 0.3 is 0 Å². The highest BCUT2D eigenvalue weighted by Gasteiger charge is 2.33. The number of ether oxygens (including phenoxy) is 2. The van der Waals surface area contributed by atoms with Crippen LogP contribution in [0.1, 0.15) is 72.1 Å². The van der Waals surface area contributed by atoms with Crippen molar-refractivity contribution in [2.24, 2.45) is 0 Å². The quantitative estimate of drug-likeness (QED) is 0.688. The zero-order valence-corrected chi connectivity index (χ0v) is 17.9. The van der Waals surface area contributed by atoms with Crippen LogP contribution in [0.5, 0.6) is 11.5 Å². The summed E-state index contributed by atoms with van der Waals surface area (Å²) in [6, 6.07) is 11.8. The number of amides is 1. The van der Waals surface area contributed by atoms with Crippen LogP contribution in [0.2, 0.25) is 0 Å². The average Bonchev–Trinajstić information content (AvgIpc) is 3.33. The SMILES string of the molecule is CCOc1ccc([C@@H]2CCCN2C(=O)COc2ccc(C)c3c2C(=O)C[C@@H]3C)cc1. The normalized spacial score (nSPS) is 20.4. The molecule has 4 rings (SSSR count). The lowest BCUT2D eigenvalue weighted by atomic mass is 9.97. The van der Waals surface area contributed by atoms with Gasteiger partial charge in [-0.2, -0.15) is 0 Å². The molecule has 2 atom stereocenters. The van der Waals surface area contributed by atoms with Crippen molar-refractivity contribution in [2.45, 2.75) is 52.0 Å². The molecule has 0 aromatic heterocycles. The lowest BCUT2D eigenvalue weighted by Gasteiger charge is -2.25. The Morgan fingerprint density at radius 1 is 1.13 bits per heavy atom. The maximum atomic E-state index is 13.0. The van der Waals surface area contributed by atoms with Gasteiger partial charge in [-0.15, -0.1) is 0 Å². The van der Waals surface area contributed by atoms with Gasteiger partial charge in [0.15, 0.2) is 12.4 Å². The molecule has 0 unspecified atom stereocenters. The number of ketones is 1. The molecule has 0 radical (unpaired) electrons. The Labute approximate surface area is 178 Å². The molecule has 0 spiro atoms. The number of aryl methyl sites for hydroxylation is 1. The minimum atomic E-state index is -0.0509. The van der Waals surface area contributed by atoms with Gasteiger partial charge in [-0.3, -0.25) is 9.59 Å². The van der Waals surface area contributed by atoms with Gasteiger partial charge in [-0.1, -0.05) is 25.1 Å². The molecule has 0 bridgehead atoms. The van der Waals surface area contributed by atoms with E-state index in [4.69, 9.17) is 9.47 Å². The number of Topliss-reactive ketones (excluding diaryl/α,β-unsaturated/α-hetero) is 1. The van der Waals surface area contributed by atoms with Crippen LogP contribution in [-0.4, -0.2) is 36.3 Å². The number of benzene rings is 2. The molecule has 5 nitrogen and oxygen atoms in total. The summed E-state index contributed by atoms with van der Waals surface area (Å²) in [5, 5.41) is 0. The molecule has 158 valence electrons. The number of carbonyl (C=O) groups is 2. The molecule has 1 heterocycles. The Kier molecular flexibility index (Phi) is 5.80. The van der Waals surface area contributed by atoms with E-state index in [0.29, 0.717) is 24.3 Å². The van der Waals surface area contributed by atoms with Crippen LogP contribution < -0.4 is 9.47 Å². The first-order chi connectivity index (χ1) is 14.5. The average molecular weight is 408 g/mol. The van der Waals surface area contributed by atoms with E-state index in [9.17, 15) is 9.59 Å². The number of fused-ring (bicyclic) bond motifs is 1. The molecule has 2 aromatic carbocycles. The third-order valence-electron chi connectivity index (χ3n) is 6.19. The summed E-state index contributed by atoms with van der Waals surface area (Å²) >= 11 is 0. The van der Waals surface area contributed by atoms with Gasteiger partial charge in [-0.25, -0.2) is 0 Å². The van der Waals surface area contributed by atoms with Gasteiger partial charge in [0.25, 0.3) is 5.91 Å². The number of rotatable bonds is 6.